The molecule has 0 aliphatic rings. The van der Waals surface area contributed by atoms with Gasteiger partial charge in [0.15, 0.2) is 12.4 Å². The summed E-state index contributed by atoms with van der Waals surface area (Å²) in [7, 11) is 0. The van der Waals surface area contributed by atoms with E-state index in [0.717, 1.165) is 6.07 Å². The Morgan fingerprint density at radius 3 is 2.66 bits per heavy atom. The van der Waals surface area contributed by atoms with Crippen molar-refractivity contribution in [2.24, 2.45) is 0 Å². The van der Waals surface area contributed by atoms with Crippen molar-refractivity contribution in [3.05, 3.63) is 86.6 Å². The highest BCUT2D eigenvalue weighted by atomic mass is 16.6. The van der Waals surface area contributed by atoms with Crippen molar-refractivity contribution >= 4 is 33.4 Å². The Hall–Kier alpha value is -4.20. The minimum Gasteiger partial charge on any atom is -0.507 e. The average molecular weight is 391 g/mol. The van der Waals surface area contributed by atoms with Crippen molar-refractivity contribution in [2.45, 2.75) is 0 Å². The summed E-state index contributed by atoms with van der Waals surface area (Å²) in [5, 5.41) is 21.5. The van der Waals surface area contributed by atoms with Gasteiger partial charge in [-0.05, 0) is 12.1 Å². The Kier molecular flexibility index (Phi) is 4.44. The average Bonchev–Trinajstić information content (AvgIpc) is 2.72. The number of hydrogen-bond acceptors (Lipinski definition) is 7. The number of phenols is 1. The number of para-hydroxylation sites is 1. The molecule has 0 amide bonds. The minimum atomic E-state index is -0.592. The number of phenolic OH excluding ortho intramolecular Hbond substituents is 1. The van der Waals surface area contributed by atoms with Crippen LogP contribution in [0.4, 0.5) is 5.69 Å². The van der Waals surface area contributed by atoms with Crippen LogP contribution >= 0.6 is 0 Å². The summed E-state index contributed by atoms with van der Waals surface area (Å²) in [5.41, 5.74) is 0.0221. The lowest BCUT2D eigenvalue weighted by Gasteiger charge is -2.08. The smallest absolute Gasteiger partial charge is 0.270 e. The summed E-state index contributed by atoms with van der Waals surface area (Å²) in [4.78, 5) is 35.1. The van der Waals surface area contributed by atoms with Crippen LogP contribution in [0.15, 0.2) is 69.9 Å². The van der Waals surface area contributed by atoms with Gasteiger partial charge in [-0.25, -0.2) is 0 Å². The van der Waals surface area contributed by atoms with Crippen LogP contribution in [0.2, 0.25) is 0 Å². The second-order valence-corrected chi connectivity index (χ2v) is 6.26. The Morgan fingerprint density at radius 2 is 1.86 bits per heavy atom. The van der Waals surface area contributed by atoms with Crippen LogP contribution < -0.4 is 10.2 Å². The molecule has 0 radical (unpaired) electrons. The second kappa shape index (κ2) is 7.08. The molecule has 0 saturated carbocycles. The molecule has 0 unspecified atom stereocenters. The van der Waals surface area contributed by atoms with E-state index in [1.807, 2.05) is 0 Å². The molecule has 0 saturated heterocycles. The van der Waals surface area contributed by atoms with Gasteiger partial charge >= 0.3 is 0 Å². The number of nitro benzene ring substituents is 1. The lowest BCUT2D eigenvalue weighted by Crippen LogP contribution is -2.12. The van der Waals surface area contributed by atoms with Crippen LogP contribution in [0, 0.1) is 10.1 Å². The summed E-state index contributed by atoms with van der Waals surface area (Å²) >= 11 is 0. The molecule has 0 bridgehead atoms. The summed E-state index contributed by atoms with van der Waals surface area (Å²) in [5.74, 6) is -0.694. The number of rotatable bonds is 5. The summed E-state index contributed by atoms with van der Waals surface area (Å²) < 4.78 is 11.1. The third-order valence-corrected chi connectivity index (χ3v) is 4.38. The van der Waals surface area contributed by atoms with E-state index in [4.69, 9.17) is 9.15 Å². The van der Waals surface area contributed by atoms with Gasteiger partial charge in [0.25, 0.3) is 5.69 Å². The van der Waals surface area contributed by atoms with Gasteiger partial charge in [0.2, 0.25) is 5.43 Å². The molecule has 29 heavy (non-hydrogen) atoms. The number of Topliss-reactive ketones (excluding diaryl/α,β-unsaturated/α-hetero) is 1. The van der Waals surface area contributed by atoms with E-state index < -0.39 is 17.3 Å². The molecule has 144 valence electrons. The van der Waals surface area contributed by atoms with Gasteiger partial charge in [-0.2, -0.15) is 0 Å². The van der Waals surface area contributed by atoms with Crippen LogP contribution in [-0.2, 0) is 0 Å². The summed E-state index contributed by atoms with van der Waals surface area (Å²) in [6, 6.07) is 14.6. The highest BCUT2D eigenvalue weighted by Crippen LogP contribution is 2.30. The topological polar surface area (TPSA) is 120 Å². The van der Waals surface area contributed by atoms with E-state index in [-0.39, 0.29) is 39.1 Å². The zero-order chi connectivity index (χ0) is 20.5. The summed E-state index contributed by atoms with van der Waals surface area (Å²) in [6.45, 7) is -0.413. The Morgan fingerprint density at radius 1 is 1.07 bits per heavy atom. The van der Waals surface area contributed by atoms with E-state index in [1.165, 1.54) is 30.3 Å². The molecule has 3 aromatic carbocycles. The molecule has 1 heterocycles. The number of fused-ring (bicyclic) bond motifs is 2. The highest BCUT2D eigenvalue weighted by molar-refractivity contribution is 5.98. The SMILES string of the molecule is O=C(COc1cc(O)c2c(=O)c3ccccc3oc2c1)c1cccc([N+](=O)[O-])c1. The van der Waals surface area contributed by atoms with E-state index in [0.29, 0.717) is 11.0 Å². The van der Waals surface area contributed by atoms with Gasteiger partial charge in [-0.1, -0.05) is 24.3 Å². The largest absolute Gasteiger partial charge is 0.507 e. The predicted octanol–water partition coefficient (Wildman–Crippen LogP) is 3.82. The maximum atomic E-state index is 12.6. The number of nitro groups is 1. The van der Waals surface area contributed by atoms with Gasteiger partial charge in [0.05, 0.1) is 10.3 Å². The first-order chi connectivity index (χ1) is 13.9. The maximum Gasteiger partial charge on any atom is 0.270 e. The third kappa shape index (κ3) is 3.39. The van der Waals surface area contributed by atoms with Crippen molar-refractivity contribution < 1.29 is 24.0 Å². The number of non-ortho nitro benzene ring substituents is 1. The molecule has 0 aliphatic heterocycles. The Balaban J connectivity index is 1.64. The maximum absolute atomic E-state index is 12.6. The molecule has 4 aromatic rings. The van der Waals surface area contributed by atoms with Crippen molar-refractivity contribution in [1.82, 2.24) is 0 Å². The van der Waals surface area contributed by atoms with E-state index in [1.54, 1.807) is 24.3 Å². The van der Waals surface area contributed by atoms with E-state index in [2.05, 4.69) is 0 Å². The number of aromatic hydroxyl groups is 1. The van der Waals surface area contributed by atoms with Crippen molar-refractivity contribution in [3.8, 4) is 11.5 Å². The number of hydrogen-bond donors (Lipinski definition) is 1. The van der Waals surface area contributed by atoms with Crippen LogP contribution in [0.5, 0.6) is 11.5 Å². The van der Waals surface area contributed by atoms with E-state index >= 15 is 0 Å². The number of ketones is 1. The van der Waals surface area contributed by atoms with E-state index in [9.17, 15) is 24.8 Å². The predicted molar refractivity (Wildman–Crippen MR) is 105 cm³/mol. The molecule has 8 heteroatoms. The first-order valence-electron chi connectivity index (χ1n) is 8.53. The van der Waals surface area contributed by atoms with Crippen molar-refractivity contribution in [2.75, 3.05) is 6.61 Å². The number of benzene rings is 3. The zero-order valence-electron chi connectivity index (χ0n) is 14.8. The number of carbonyl (C=O) groups is 1. The number of carbonyl (C=O) groups excluding carboxylic acids is 1. The van der Waals surface area contributed by atoms with Gasteiger partial charge < -0.3 is 14.3 Å². The van der Waals surface area contributed by atoms with Crippen molar-refractivity contribution in [1.29, 1.82) is 0 Å². The molecule has 0 atom stereocenters. The van der Waals surface area contributed by atoms with Gasteiger partial charge in [0, 0.05) is 29.8 Å². The van der Waals surface area contributed by atoms with Gasteiger partial charge in [0.1, 0.15) is 28.1 Å². The quantitative estimate of drug-likeness (QED) is 0.238. The lowest BCUT2D eigenvalue weighted by atomic mass is 10.1. The summed E-state index contributed by atoms with van der Waals surface area (Å²) in [6.07, 6.45) is 0. The fourth-order valence-electron chi connectivity index (χ4n) is 2.99. The molecule has 0 aliphatic carbocycles. The van der Waals surface area contributed by atoms with Crippen molar-refractivity contribution in [3.63, 3.8) is 0 Å². The molecular formula is C21H13NO7. The Labute approximate surface area is 162 Å². The molecule has 0 spiro atoms. The normalized spacial score (nSPS) is 10.9. The molecule has 0 fully saturated rings. The Bertz CT molecular complexity index is 1340. The fraction of sp³-hybridized carbons (Fsp3) is 0.0476. The molecular weight excluding hydrogens is 378 g/mol. The van der Waals surface area contributed by atoms with Crippen LogP contribution in [0.3, 0.4) is 0 Å². The zero-order valence-corrected chi connectivity index (χ0v) is 14.8. The molecule has 4 rings (SSSR count). The number of ether oxygens (including phenoxy) is 1. The standard InChI is InChI=1S/C21H13NO7/c23-16-9-14(28-11-17(24)12-4-3-5-13(8-12)22(26)27)10-19-20(16)21(25)15-6-1-2-7-18(15)29-19/h1-10,23H,11H2. The lowest BCUT2D eigenvalue weighted by molar-refractivity contribution is -0.384. The first kappa shape index (κ1) is 18.2. The molecule has 1 aromatic heterocycles. The van der Waals surface area contributed by atoms with Crippen LogP contribution in [0.1, 0.15) is 10.4 Å². The van der Waals surface area contributed by atoms with Crippen LogP contribution in [-0.4, -0.2) is 22.4 Å². The van der Waals surface area contributed by atoms with Gasteiger partial charge in [-0.15, -0.1) is 0 Å². The number of nitrogens with zero attached hydrogens (tertiary/aromatic N) is 1. The first-order valence-corrected chi connectivity index (χ1v) is 8.53. The fourth-order valence-corrected chi connectivity index (χ4v) is 2.99. The third-order valence-electron chi connectivity index (χ3n) is 4.38. The monoisotopic (exact) mass is 391 g/mol. The molecule has 8 nitrogen and oxygen atoms in total. The van der Waals surface area contributed by atoms with Gasteiger partial charge in [-0.3, -0.25) is 19.7 Å². The highest BCUT2D eigenvalue weighted by Gasteiger charge is 2.15. The minimum absolute atomic E-state index is 0.0149. The molecule has 1 N–H and O–H groups in total. The van der Waals surface area contributed by atoms with Crippen LogP contribution in [0.25, 0.3) is 21.9 Å². The second-order valence-electron chi connectivity index (χ2n) is 6.26.